The molecule has 0 amide bonds. The van der Waals surface area contributed by atoms with Crippen LogP contribution in [0.3, 0.4) is 0 Å². The van der Waals surface area contributed by atoms with E-state index >= 15 is 0 Å². The number of hydrogen-bond acceptors (Lipinski definition) is 3. The summed E-state index contributed by atoms with van der Waals surface area (Å²) in [5, 5.41) is 9.41. The van der Waals surface area contributed by atoms with E-state index in [1.165, 1.54) is 5.56 Å². The highest BCUT2D eigenvalue weighted by atomic mass is 16.1. The van der Waals surface area contributed by atoms with Gasteiger partial charge in [-0.1, -0.05) is 55.5 Å². The summed E-state index contributed by atoms with van der Waals surface area (Å²) in [4.78, 5) is 12.5. The van der Waals surface area contributed by atoms with Gasteiger partial charge in [0.1, 0.15) is 0 Å². The van der Waals surface area contributed by atoms with E-state index in [-0.39, 0.29) is 11.6 Å². The van der Waals surface area contributed by atoms with Gasteiger partial charge in [0.15, 0.2) is 0 Å². The Kier molecular flexibility index (Phi) is 5.06. The fourth-order valence-corrected chi connectivity index (χ4v) is 2.86. The van der Waals surface area contributed by atoms with Gasteiger partial charge in [0, 0.05) is 18.0 Å². The van der Waals surface area contributed by atoms with E-state index in [0.29, 0.717) is 12.5 Å². The molecular formula is C20H23N3O. The van der Waals surface area contributed by atoms with E-state index in [1.807, 2.05) is 30.3 Å². The predicted molar refractivity (Wildman–Crippen MR) is 98.3 cm³/mol. The van der Waals surface area contributed by atoms with E-state index in [1.54, 1.807) is 10.9 Å². The molecule has 124 valence electrons. The van der Waals surface area contributed by atoms with Gasteiger partial charge in [0.05, 0.1) is 18.1 Å². The number of rotatable bonds is 6. The van der Waals surface area contributed by atoms with Gasteiger partial charge >= 0.3 is 0 Å². The second-order valence-corrected chi connectivity index (χ2v) is 6.34. The lowest BCUT2D eigenvalue weighted by atomic mass is 10.0. The van der Waals surface area contributed by atoms with E-state index in [2.05, 4.69) is 48.5 Å². The zero-order chi connectivity index (χ0) is 16.9. The van der Waals surface area contributed by atoms with Gasteiger partial charge in [-0.15, -0.1) is 0 Å². The van der Waals surface area contributed by atoms with Gasteiger partial charge in [-0.2, -0.15) is 5.10 Å². The molecule has 0 saturated carbocycles. The van der Waals surface area contributed by atoms with Crippen LogP contribution in [0.2, 0.25) is 0 Å². The Morgan fingerprint density at radius 3 is 2.54 bits per heavy atom. The Morgan fingerprint density at radius 2 is 1.75 bits per heavy atom. The van der Waals surface area contributed by atoms with Crippen LogP contribution in [0.25, 0.3) is 10.8 Å². The first-order chi connectivity index (χ1) is 11.6. The predicted octanol–water partition coefficient (Wildman–Crippen LogP) is 3.18. The van der Waals surface area contributed by atoms with E-state index < -0.39 is 0 Å². The average Bonchev–Trinajstić information content (AvgIpc) is 2.63. The molecule has 2 atom stereocenters. The number of fused-ring (bicyclic) bond motifs is 1. The van der Waals surface area contributed by atoms with Crippen molar-refractivity contribution in [3.63, 3.8) is 0 Å². The van der Waals surface area contributed by atoms with Crippen LogP contribution in [0.5, 0.6) is 0 Å². The first kappa shape index (κ1) is 16.4. The molecule has 3 aromatic rings. The van der Waals surface area contributed by atoms with Crippen LogP contribution in [0.1, 0.15) is 25.3 Å². The fourth-order valence-electron chi connectivity index (χ4n) is 2.86. The Morgan fingerprint density at radius 1 is 1.04 bits per heavy atom. The molecule has 2 aromatic carbocycles. The van der Waals surface area contributed by atoms with Crippen molar-refractivity contribution in [2.24, 2.45) is 0 Å². The molecule has 4 heteroatoms. The molecule has 1 heterocycles. The van der Waals surface area contributed by atoms with Crippen molar-refractivity contribution in [3.05, 3.63) is 76.7 Å². The molecule has 0 aliphatic carbocycles. The van der Waals surface area contributed by atoms with Crippen molar-refractivity contribution >= 4 is 10.8 Å². The Hall–Kier alpha value is -2.46. The molecule has 3 rings (SSSR count). The first-order valence-corrected chi connectivity index (χ1v) is 8.38. The van der Waals surface area contributed by atoms with Crippen molar-refractivity contribution in [2.45, 2.75) is 32.4 Å². The van der Waals surface area contributed by atoms with Crippen molar-refractivity contribution in [1.82, 2.24) is 15.1 Å². The molecule has 0 unspecified atom stereocenters. The summed E-state index contributed by atoms with van der Waals surface area (Å²) in [7, 11) is 0. The highest BCUT2D eigenvalue weighted by Gasteiger charge is 2.10. The number of nitrogens with zero attached hydrogens (tertiary/aromatic N) is 2. The minimum atomic E-state index is -0.0298. The standard InChI is InChI=1S/C20H23N3O/c1-15(17-8-4-3-5-9-17)12-21-16(2)14-23-20(24)19-11-7-6-10-18(19)13-22-23/h3-11,13,15-16,21H,12,14H2,1-2H3/t15-,16+/m0/s1. The molecule has 0 fully saturated rings. The molecule has 0 saturated heterocycles. The molecule has 1 N–H and O–H groups in total. The molecule has 24 heavy (non-hydrogen) atoms. The number of benzene rings is 2. The van der Waals surface area contributed by atoms with Crippen LogP contribution < -0.4 is 10.9 Å². The number of hydrogen-bond donors (Lipinski definition) is 1. The van der Waals surface area contributed by atoms with E-state index in [0.717, 1.165) is 17.3 Å². The van der Waals surface area contributed by atoms with Crippen molar-refractivity contribution in [3.8, 4) is 0 Å². The van der Waals surface area contributed by atoms with Gasteiger partial charge in [-0.3, -0.25) is 4.79 Å². The summed E-state index contributed by atoms with van der Waals surface area (Å²) in [6, 6.07) is 18.2. The lowest BCUT2D eigenvalue weighted by molar-refractivity contribution is 0.430. The highest BCUT2D eigenvalue weighted by Crippen LogP contribution is 2.13. The maximum absolute atomic E-state index is 12.5. The third-order valence-electron chi connectivity index (χ3n) is 4.35. The van der Waals surface area contributed by atoms with Gasteiger partial charge in [-0.05, 0) is 24.5 Å². The van der Waals surface area contributed by atoms with Gasteiger partial charge in [-0.25, -0.2) is 4.68 Å². The van der Waals surface area contributed by atoms with Crippen LogP contribution in [0.4, 0.5) is 0 Å². The lowest BCUT2D eigenvalue weighted by Gasteiger charge is -2.18. The lowest BCUT2D eigenvalue weighted by Crippen LogP contribution is -2.37. The summed E-state index contributed by atoms with van der Waals surface area (Å²) in [6.07, 6.45) is 1.76. The zero-order valence-corrected chi connectivity index (χ0v) is 14.1. The summed E-state index contributed by atoms with van der Waals surface area (Å²) >= 11 is 0. The molecule has 0 spiro atoms. The summed E-state index contributed by atoms with van der Waals surface area (Å²) in [5.74, 6) is 0.426. The minimum absolute atomic E-state index is 0.0298. The minimum Gasteiger partial charge on any atom is -0.312 e. The summed E-state index contributed by atoms with van der Waals surface area (Å²) in [6.45, 7) is 5.72. The molecule has 0 aliphatic rings. The average molecular weight is 321 g/mol. The maximum atomic E-state index is 12.5. The van der Waals surface area contributed by atoms with Crippen molar-refractivity contribution in [1.29, 1.82) is 0 Å². The zero-order valence-electron chi connectivity index (χ0n) is 14.1. The van der Waals surface area contributed by atoms with Crippen LogP contribution in [-0.4, -0.2) is 22.4 Å². The monoisotopic (exact) mass is 321 g/mol. The Bertz CT molecular complexity index is 857. The maximum Gasteiger partial charge on any atom is 0.274 e. The normalized spacial score (nSPS) is 13.8. The van der Waals surface area contributed by atoms with Crippen molar-refractivity contribution < 1.29 is 0 Å². The topological polar surface area (TPSA) is 46.9 Å². The van der Waals surface area contributed by atoms with Crippen LogP contribution in [0, 0.1) is 0 Å². The van der Waals surface area contributed by atoms with Gasteiger partial charge in [0.25, 0.3) is 5.56 Å². The Balaban J connectivity index is 1.64. The Labute approximate surface area is 142 Å². The van der Waals surface area contributed by atoms with Gasteiger partial charge in [0.2, 0.25) is 0 Å². The summed E-state index contributed by atoms with van der Waals surface area (Å²) in [5.41, 5.74) is 1.29. The van der Waals surface area contributed by atoms with Gasteiger partial charge < -0.3 is 5.32 Å². The quantitative estimate of drug-likeness (QED) is 0.758. The van der Waals surface area contributed by atoms with Crippen LogP contribution >= 0.6 is 0 Å². The van der Waals surface area contributed by atoms with Crippen molar-refractivity contribution in [2.75, 3.05) is 6.54 Å². The molecule has 1 aromatic heterocycles. The third kappa shape index (κ3) is 3.71. The first-order valence-electron chi connectivity index (χ1n) is 8.38. The SMILES string of the molecule is C[C@H](Cn1ncc2ccccc2c1=O)NC[C@H](C)c1ccccc1. The number of nitrogens with one attached hydrogen (secondary N) is 1. The molecular weight excluding hydrogens is 298 g/mol. The molecule has 0 bridgehead atoms. The highest BCUT2D eigenvalue weighted by molar-refractivity contribution is 5.80. The fraction of sp³-hybridized carbons (Fsp3) is 0.300. The molecule has 0 radical (unpaired) electrons. The van der Waals surface area contributed by atoms with Crippen LogP contribution in [-0.2, 0) is 6.54 Å². The number of aromatic nitrogens is 2. The smallest absolute Gasteiger partial charge is 0.274 e. The van der Waals surface area contributed by atoms with E-state index in [4.69, 9.17) is 0 Å². The second-order valence-electron chi connectivity index (χ2n) is 6.34. The third-order valence-corrected chi connectivity index (χ3v) is 4.35. The molecule has 0 aliphatic heterocycles. The molecule has 4 nitrogen and oxygen atoms in total. The summed E-state index contributed by atoms with van der Waals surface area (Å²) < 4.78 is 1.55. The van der Waals surface area contributed by atoms with Crippen LogP contribution in [0.15, 0.2) is 65.6 Å². The largest absolute Gasteiger partial charge is 0.312 e. The van der Waals surface area contributed by atoms with E-state index in [9.17, 15) is 4.79 Å². The second kappa shape index (κ2) is 7.41.